The third-order valence-electron chi connectivity index (χ3n) is 5.31. The minimum atomic E-state index is 0.543. The highest BCUT2D eigenvalue weighted by molar-refractivity contribution is 6.43. The van der Waals surface area contributed by atoms with Crippen LogP contribution in [0.25, 0.3) is 22.6 Å². The van der Waals surface area contributed by atoms with Crippen LogP contribution < -0.4 is 0 Å². The summed E-state index contributed by atoms with van der Waals surface area (Å²) in [6, 6.07) is 16.0. The van der Waals surface area contributed by atoms with Crippen molar-refractivity contribution in [2.75, 3.05) is 0 Å². The molecule has 1 aromatic heterocycles. The van der Waals surface area contributed by atoms with Crippen molar-refractivity contribution in [3.05, 3.63) is 64.3 Å². The number of nitrogens with zero attached hydrogens (tertiary/aromatic N) is 1. The van der Waals surface area contributed by atoms with Crippen molar-refractivity contribution < 1.29 is 0 Å². The Morgan fingerprint density at radius 2 is 1.48 bits per heavy atom. The zero-order chi connectivity index (χ0) is 20.5. The van der Waals surface area contributed by atoms with Crippen LogP contribution in [0.2, 0.25) is 10.0 Å². The lowest BCUT2D eigenvalue weighted by Gasteiger charge is -2.04. The number of imidazole rings is 1. The van der Waals surface area contributed by atoms with Crippen molar-refractivity contribution in [1.29, 1.82) is 0 Å². The molecule has 0 radical (unpaired) electrons. The molecule has 2 aromatic carbocycles. The molecule has 0 aliphatic carbocycles. The van der Waals surface area contributed by atoms with Gasteiger partial charge >= 0.3 is 0 Å². The van der Waals surface area contributed by atoms with Crippen molar-refractivity contribution in [1.82, 2.24) is 9.97 Å². The molecule has 1 N–H and O–H groups in total. The number of hydrogen-bond acceptors (Lipinski definition) is 1. The molecule has 0 aliphatic heterocycles. The fourth-order valence-corrected chi connectivity index (χ4v) is 4.06. The summed E-state index contributed by atoms with van der Waals surface area (Å²) in [6.45, 7) is 2.26. The van der Waals surface area contributed by atoms with Crippen LogP contribution in [0.15, 0.2) is 48.5 Å². The number of halogens is 2. The van der Waals surface area contributed by atoms with E-state index in [0.29, 0.717) is 10.0 Å². The number of nitrogens with one attached hydrogen (secondary N) is 1. The number of benzene rings is 2. The van der Waals surface area contributed by atoms with Gasteiger partial charge in [-0.2, -0.15) is 0 Å². The molecule has 2 nitrogen and oxygen atoms in total. The molecule has 0 aliphatic rings. The lowest BCUT2D eigenvalue weighted by atomic mass is 10.0. The molecule has 29 heavy (non-hydrogen) atoms. The molecule has 0 saturated carbocycles. The topological polar surface area (TPSA) is 28.7 Å². The molecule has 0 bridgehead atoms. The smallest absolute Gasteiger partial charge is 0.139 e. The first-order valence-corrected chi connectivity index (χ1v) is 11.5. The van der Waals surface area contributed by atoms with Gasteiger partial charge in [0.25, 0.3) is 0 Å². The number of unbranched alkanes of at least 4 members (excludes halogenated alkanes) is 7. The van der Waals surface area contributed by atoms with Gasteiger partial charge < -0.3 is 4.98 Å². The van der Waals surface area contributed by atoms with E-state index < -0.39 is 0 Å². The zero-order valence-corrected chi connectivity index (χ0v) is 18.7. The van der Waals surface area contributed by atoms with E-state index in [4.69, 9.17) is 28.2 Å². The third-order valence-corrected chi connectivity index (χ3v) is 6.13. The SMILES string of the molecule is CCCCCCCCCCc1[nH]c(-c2cccc(Cl)c2Cl)nc1-c1ccccc1. The number of rotatable bonds is 11. The van der Waals surface area contributed by atoms with E-state index in [1.54, 1.807) is 6.07 Å². The van der Waals surface area contributed by atoms with Crippen LogP contribution in [-0.4, -0.2) is 9.97 Å². The molecule has 0 amide bonds. The Balaban J connectivity index is 1.72. The summed E-state index contributed by atoms with van der Waals surface area (Å²) in [7, 11) is 0. The van der Waals surface area contributed by atoms with Gasteiger partial charge in [-0.25, -0.2) is 4.98 Å². The largest absolute Gasteiger partial charge is 0.341 e. The minimum absolute atomic E-state index is 0.543. The van der Waals surface area contributed by atoms with Gasteiger partial charge in [0.05, 0.1) is 15.7 Å². The Morgan fingerprint density at radius 1 is 0.793 bits per heavy atom. The first kappa shape index (κ1) is 21.9. The highest BCUT2D eigenvalue weighted by atomic mass is 35.5. The van der Waals surface area contributed by atoms with Crippen molar-refractivity contribution in [3.8, 4) is 22.6 Å². The maximum atomic E-state index is 6.44. The Morgan fingerprint density at radius 3 is 2.21 bits per heavy atom. The maximum Gasteiger partial charge on any atom is 0.139 e. The predicted octanol–water partition coefficient (Wildman–Crippen LogP) is 8.73. The van der Waals surface area contributed by atoms with Gasteiger partial charge in [0.2, 0.25) is 0 Å². The van der Waals surface area contributed by atoms with E-state index in [-0.39, 0.29) is 0 Å². The lowest BCUT2D eigenvalue weighted by Crippen LogP contribution is -1.91. The number of hydrogen-bond donors (Lipinski definition) is 1. The Kier molecular flexibility index (Phi) is 8.64. The summed E-state index contributed by atoms with van der Waals surface area (Å²) in [5.41, 5.74) is 4.16. The molecule has 4 heteroatoms. The second-order valence-electron chi connectivity index (χ2n) is 7.60. The molecular formula is C25H30Cl2N2. The molecule has 0 fully saturated rings. The van der Waals surface area contributed by atoms with E-state index in [1.807, 2.05) is 18.2 Å². The van der Waals surface area contributed by atoms with Crippen LogP contribution in [0.5, 0.6) is 0 Å². The average Bonchev–Trinajstić information content (AvgIpc) is 3.16. The van der Waals surface area contributed by atoms with Crippen molar-refractivity contribution in [2.24, 2.45) is 0 Å². The Labute approximate surface area is 184 Å². The standard InChI is InChI=1S/C25H30Cl2N2/c1-2-3-4-5-6-7-8-12-18-22-24(19-14-10-9-11-15-19)29-25(28-22)20-16-13-17-21(26)23(20)27/h9-11,13-17H,2-8,12,18H2,1H3,(H,28,29). The first-order valence-electron chi connectivity index (χ1n) is 10.8. The van der Waals surface area contributed by atoms with Crippen LogP contribution in [0.1, 0.15) is 64.0 Å². The summed E-state index contributed by atoms with van der Waals surface area (Å²) >= 11 is 12.7. The van der Waals surface area contributed by atoms with E-state index in [0.717, 1.165) is 29.1 Å². The van der Waals surface area contributed by atoms with E-state index in [9.17, 15) is 0 Å². The second-order valence-corrected chi connectivity index (χ2v) is 8.39. The normalized spacial score (nSPS) is 11.1. The van der Waals surface area contributed by atoms with Crippen molar-refractivity contribution >= 4 is 23.2 Å². The number of H-pyrrole nitrogens is 1. The lowest BCUT2D eigenvalue weighted by molar-refractivity contribution is 0.574. The Hall–Kier alpha value is -1.77. The predicted molar refractivity (Wildman–Crippen MR) is 126 cm³/mol. The molecule has 0 unspecified atom stereocenters. The van der Waals surface area contributed by atoms with Crippen LogP contribution in [0.3, 0.4) is 0 Å². The highest BCUT2D eigenvalue weighted by Crippen LogP contribution is 2.34. The highest BCUT2D eigenvalue weighted by Gasteiger charge is 2.16. The molecule has 3 aromatic rings. The summed E-state index contributed by atoms with van der Waals surface area (Å²) < 4.78 is 0. The molecule has 0 spiro atoms. The summed E-state index contributed by atoms with van der Waals surface area (Å²) in [6.07, 6.45) is 11.5. The van der Waals surface area contributed by atoms with E-state index in [2.05, 4.69) is 36.2 Å². The molecule has 0 atom stereocenters. The second kappa shape index (κ2) is 11.4. The number of aromatic nitrogens is 2. The van der Waals surface area contributed by atoms with Gasteiger partial charge in [-0.15, -0.1) is 0 Å². The number of aromatic amines is 1. The van der Waals surface area contributed by atoms with Crippen molar-refractivity contribution in [2.45, 2.75) is 64.7 Å². The molecule has 1 heterocycles. The quantitative estimate of drug-likeness (QED) is 0.303. The van der Waals surface area contributed by atoms with Gasteiger partial charge in [0.15, 0.2) is 0 Å². The average molecular weight is 429 g/mol. The molecule has 0 saturated heterocycles. The minimum Gasteiger partial charge on any atom is -0.341 e. The van der Waals surface area contributed by atoms with E-state index >= 15 is 0 Å². The van der Waals surface area contributed by atoms with Crippen LogP contribution in [0, 0.1) is 0 Å². The summed E-state index contributed by atoms with van der Waals surface area (Å²) in [5, 5.41) is 1.09. The zero-order valence-electron chi connectivity index (χ0n) is 17.2. The van der Waals surface area contributed by atoms with Gasteiger partial charge in [-0.1, -0.05) is 111 Å². The van der Waals surface area contributed by atoms with E-state index in [1.165, 1.54) is 57.1 Å². The van der Waals surface area contributed by atoms with Crippen LogP contribution in [0.4, 0.5) is 0 Å². The Bertz CT molecular complexity index is 887. The first-order chi connectivity index (χ1) is 14.2. The monoisotopic (exact) mass is 428 g/mol. The number of aryl methyl sites for hydroxylation is 1. The van der Waals surface area contributed by atoms with Crippen molar-refractivity contribution in [3.63, 3.8) is 0 Å². The van der Waals surface area contributed by atoms with Gasteiger partial charge in [0.1, 0.15) is 5.82 Å². The van der Waals surface area contributed by atoms with Gasteiger partial charge in [0, 0.05) is 16.8 Å². The third kappa shape index (κ3) is 6.10. The summed E-state index contributed by atoms with van der Waals surface area (Å²) in [5.74, 6) is 0.783. The van der Waals surface area contributed by atoms with Gasteiger partial charge in [-0.3, -0.25) is 0 Å². The molecule has 3 rings (SSSR count). The fraction of sp³-hybridized carbons (Fsp3) is 0.400. The molecular weight excluding hydrogens is 399 g/mol. The fourth-order valence-electron chi connectivity index (χ4n) is 3.67. The van der Waals surface area contributed by atoms with Crippen LogP contribution in [-0.2, 0) is 6.42 Å². The van der Waals surface area contributed by atoms with Gasteiger partial charge in [-0.05, 0) is 25.0 Å². The van der Waals surface area contributed by atoms with Crippen LogP contribution >= 0.6 is 23.2 Å². The summed E-state index contributed by atoms with van der Waals surface area (Å²) in [4.78, 5) is 8.43. The maximum absolute atomic E-state index is 6.44. The molecule has 154 valence electrons.